The minimum atomic E-state index is -0.665. The van der Waals surface area contributed by atoms with Crippen molar-refractivity contribution in [1.82, 2.24) is 0 Å². The van der Waals surface area contributed by atoms with Gasteiger partial charge in [-0.05, 0) is 48.0 Å². The van der Waals surface area contributed by atoms with E-state index < -0.39 is 5.41 Å². The molecule has 0 unspecified atom stereocenters. The third kappa shape index (κ3) is 4.00. The molecule has 0 spiro atoms. The molecule has 0 fully saturated rings. The predicted molar refractivity (Wildman–Crippen MR) is 73.1 cm³/mol. The summed E-state index contributed by atoms with van der Waals surface area (Å²) in [4.78, 5) is 11.5. The molecule has 17 heavy (non-hydrogen) atoms. The highest BCUT2D eigenvalue weighted by molar-refractivity contribution is 9.11. The molecule has 3 nitrogen and oxygen atoms in total. The quantitative estimate of drug-likeness (QED) is 0.761. The Morgan fingerprint density at radius 1 is 1.35 bits per heavy atom. The van der Waals surface area contributed by atoms with Crippen LogP contribution in [-0.4, -0.2) is 19.7 Å². The maximum absolute atomic E-state index is 11.5. The van der Waals surface area contributed by atoms with Crippen molar-refractivity contribution in [3.05, 3.63) is 27.1 Å². The summed E-state index contributed by atoms with van der Waals surface area (Å²) in [5.41, 5.74) is -0.665. The lowest BCUT2D eigenvalue weighted by Crippen LogP contribution is -2.32. The van der Waals surface area contributed by atoms with E-state index in [4.69, 9.17) is 9.47 Å². The second kappa shape index (κ2) is 5.87. The van der Waals surface area contributed by atoms with E-state index in [1.54, 1.807) is 13.8 Å². The van der Waals surface area contributed by atoms with E-state index in [0.717, 1.165) is 8.95 Å². The Balaban J connectivity index is 2.70. The molecule has 0 bridgehead atoms. The average molecular weight is 366 g/mol. The molecular weight excluding hydrogens is 352 g/mol. The van der Waals surface area contributed by atoms with Crippen molar-refractivity contribution >= 4 is 37.8 Å². The molecule has 1 aromatic carbocycles. The number of halogens is 2. The number of hydrogen-bond acceptors (Lipinski definition) is 3. The van der Waals surface area contributed by atoms with Gasteiger partial charge in [0.15, 0.2) is 0 Å². The van der Waals surface area contributed by atoms with E-state index in [2.05, 4.69) is 31.9 Å². The molecule has 1 rings (SSSR count). The van der Waals surface area contributed by atoms with Gasteiger partial charge >= 0.3 is 5.97 Å². The first-order valence-corrected chi connectivity index (χ1v) is 6.61. The predicted octanol–water partition coefficient (Wildman–Crippen LogP) is 3.79. The van der Waals surface area contributed by atoms with Crippen LogP contribution in [-0.2, 0) is 9.53 Å². The Hall–Kier alpha value is -0.550. The zero-order valence-corrected chi connectivity index (χ0v) is 13.1. The van der Waals surface area contributed by atoms with Crippen molar-refractivity contribution in [3.8, 4) is 5.75 Å². The van der Waals surface area contributed by atoms with Gasteiger partial charge in [0.2, 0.25) is 0 Å². The van der Waals surface area contributed by atoms with Gasteiger partial charge in [-0.15, -0.1) is 0 Å². The minimum absolute atomic E-state index is 0.264. The fraction of sp³-hybridized carbons (Fsp3) is 0.417. The van der Waals surface area contributed by atoms with E-state index in [0.29, 0.717) is 5.75 Å². The Kier molecular flexibility index (Phi) is 5.01. The molecule has 0 radical (unpaired) electrons. The van der Waals surface area contributed by atoms with Crippen molar-refractivity contribution in [3.63, 3.8) is 0 Å². The SMILES string of the molecule is COC(=O)C(C)(C)COc1ccc(Br)cc1Br. The molecule has 0 atom stereocenters. The molecule has 0 N–H and O–H groups in total. The van der Waals surface area contributed by atoms with Gasteiger partial charge < -0.3 is 9.47 Å². The summed E-state index contributed by atoms with van der Waals surface area (Å²) in [5, 5.41) is 0. The smallest absolute Gasteiger partial charge is 0.314 e. The topological polar surface area (TPSA) is 35.5 Å². The number of rotatable bonds is 4. The molecule has 0 aliphatic carbocycles. The Morgan fingerprint density at radius 3 is 2.53 bits per heavy atom. The highest BCUT2D eigenvalue weighted by atomic mass is 79.9. The number of ether oxygens (including phenoxy) is 2. The molecule has 5 heteroatoms. The van der Waals surface area contributed by atoms with E-state index in [1.165, 1.54) is 7.11 Å². The van der Waals surface area contributed by atoms with Crippen LogP contribution in [0.15, 0.2) is 27.1 Å². The molecule has 0 heterocycles. The van der Waals surface area contributed by atoms with Crippen molar-refractivity contribution in [2.75, 3.05) is 13.7 Å². The standard InChI is InChI=1S/C12H14Br2O3/c1-12(2,11(15)16-3)7-17-10-5-4-8(13)6-9(10)14/h4-6H,7H2,1-3H3. The summed E-state index contributed by atoms with van der Waals surface area (Å²) in [6.07, 6.45) is 0. The van der Waals surface area contributed by atoms with Gasteiger partial charge in [0.1, 0.15) is 12.4 Å². The van der Waals surface area contributed by atoms with Crippen LogP contribution in [0.2, 0.25) is 0 Å². The summed E-state index contributed by atoms with van der Waals surface area (Å²) in [7, 11) is 1.37. The van der Waals surface area contributed by atoms with Crippen molar-refractivity contribution < 1.29 is 14.3 Å². The second-order valence-corrected chi connectivity index (χ2v) is 6.01. The summed E-state index contributed by atoms with van der Waals surface area (Å²) >= 11 is 6.76. The first-order valence-electron chi connectivity index (χ1n) is 5.03. The Morgan fingerprint density at radius 2 is 2.00 bits per heavy atom. The van der Waals surface area contributed by atoms with Crippen LogP contribution in [0.25, 0.3) is 0 Å². The van der Waals surface area contributed by atoms with E-state index in [-0.39, 0.29) is 12.6 Å². The fourth-order valence-corrected chi connectivity index (χ4v) is 2.35. The number of carbonyl (C=O) groups is 1. The van der Waals surface area contributed by atoms with Crippen LogP contribution in [0.1, 0.15) is 13.8 Å². The molecule has 1 aromatic rings. The molecule has 0 amide bonds. The molecule has 94 valence electrons. The lowest BCUT2D eigenvalue weighted by molar-refractivity contribution is -0.152. The molecule has 0 aromatic heterocycles. The summed E-state index contributed by atoms with van der Waals surface area (Å²) in [5.74, 6) is 0.413. The highest BCUT2D eigenvalue weighted by Gasteiger charge is 2.29. The van der Waals surface area contributed by atoms with Crippen LogP contribution in [0.3, 0.4) is 0 Å². The van der Waals surface area contributed by atoms with Gasteiger partial charge in [-0.3, -0.25) is 4.79 Å². The molecule has 0 saturated heterocycles. The first kappa shape index (κ1) is 14.5. The third-order valence-corrected chi connectivity index (χ3v) is 3.33. The van der Waals surface area contributed by atoms with Gasteiger partial charge in [-0.25, -0.2) is 0 Å². The molecule has 0 aliphatic heterocycles. The van der Waals surface area contributed by atoms with E-state index in [1.807, 2.05) is 18.2 Å². The van der Waals surface area contributed by atoms with Gasteiger partial charge in [0.25, 0.3) is 0 Å². The normalized spacial score (nSPS) is 11.1. The number of methoxy groups -OCH3 is 1. The highest BCUT2D eigenvalue weighted by Crippen LogP contribution is 2.29. The lowest BCUT2D eigenvalue weighted by atomic mass is 9.95. The van der Waals surface area contributed by atoms with Crippen LogP contribution in [0, 0.1) is 5.41 Å². The summed E-state index contributed by atoms with van der Waals surface area (Å²) in [6.45, 7) is 3.83. The largest absolute Gasteiger partial charge is 0.491 e. The van der Waals surface area contributed by atoms with Crippen LogP contribution in [0.5, 0.6) is 5.75 Å². The summed E-state index contributed by atoms with van der Waals surface area (Å²) in [6, 6.07) is 5.60. The second-order valence-electron chi connectivity index (χ2n) is 4.24. The average Bonchev–Trinajstić information content (AvgIpc) is 2.26. The van der Waals surface area contributed by atoms with Crippen LogP contribution >= 0.6 is 31.9 Å². The molecular formula is C12H14Br2O3. The summed E-state index contributed by atoms with van der Waals surface area (Å²) < 4.78 is 12.1. The van der Waals surface area contributed by atoms with Crippen molar-refractivity contribution in [1.29, 1.82) is 0 Å². The van der Waals surface area contributed by atoms with Gasteiger partial charge in [-0.1, -0.05) is 15.9 Å². The number of benzene rings is 1. The maximum Gasteiger partial charge on any atom is 0.314 e. The molecule has 0 saturated carbocycles. The Labute approximate surface area is 118 Å². The zero-order chi connectivity index (χ0) is 13.1. The zero-order valence-electron chi connectivity index (χ0n) is 9.92. The van der Waals surface area contributed by atoms with Crippen molar-refractivity contribution in [2.24, 2.45) is 5.41 Å². The van der Waals surface area contributed by atoms with Gasteiger partial charge in [0, 0.05) is 4.47 Å². The van der Waals surface area contributed by atoms with E-state index >= 15 is 0 Å². The van der Waals surface area contributed by atoms with Crippen LogP contribution in [0.4, 0.5) is 0 Å². The number of hydrogen-bond donors (Lipinski definition) is 0. The lowest BCUT2D eigenvalue weighted by Gasteiger charge is -2.22. The Bertz CT molecular complexity index is 416. The molecule has 0 aliphatic rings. The third-order valence-electron chi connectivity index (χ3n) is 2.22. The maximum atomic E-state index is 11.5. The first-order chi connectivity index (χ1) is 7.86. The monoisotopic (exact) mass is 364 g/mol. The van der Waals surface area contributed by atoms with E-state index in [9.17, 15) is 4.79 Å². The number of carbonyl (C=O) groups excluding carboxylic acids is 1. The number of esters is 1. The van der Waals surface area contributed by atoms with Gasteiger partial charge in [-0.2, -0.15) is 0 Å². The minimum Gasteiger partial charge on any atom is -0.491 e. The van der Waals surface area contributed by atoms with Gasteiger partial charge in [0.05, 0.1) is 17.0 Å². The van der Waals surface area contributed by atoms with Crippen LogP contribution < -0.4 is 4.74 Å². The van der Waals surface area contributed by atoms with Crippen molar-refractivity contribution in [2.45, 2.75) is 13.8 Å². The fourth-order valence-electron chi connectivity index (χ4n) is 1.19.